The predicted molar refractivity (Wildman–Crippen MR) is 65.1 cm³/mol. The van der Waals surface area contributed by atoms with Crippen LogP contribution in [-0.4, -0.2) is 13.2 Å². The van der Waals surface area contributed by atoms with E-state index in [-0.39, 0.29) is 0 Å². The standard InChI is InChI=1S/C14H22O/c1-12(2)9-10-15-11-13(3)14-7-5-4-6-8-14/h4-8,12-13H,9-11H2,1-3H3. The summed E-state index contributed by atoms with van der Waals surface area (Å²) < 4.78 is 5.66. The van der Waals surface area contributed by atoms with Crippen molar-refractivity contribution >= 4 is 0 Å². The van der Waals surface area contributed by atoms with Gasteiger partial charge in [-0.1, -0.05) is 51.1 Å². The lowest BCUT2D eigenvalue weighted by molar-refractivity contribution is 0.113. The molecule has 0 bridgehead atoms. The van der Waals surface area contributed by atoms with Gasteiger partial charge in [0.05, 0.1) is 6.61 Å². The van der Waals surface area contributed by atoms with Crippen LogP contribution in [0.5, 0.6) is 0 Å². The molecule has 15 heavy (non-hydrogen) atoms. The SMILES string of the molecule is CC(C)CCOCC(C)c1ccccc1. The highest BCUT2D eigenvalue weighted by Crippen LogP contribution is 2.14. The second-order valence-corrected chi connectivity index (χ2v) is 4.57. The summed E-state index contributed by atoms with van der Waals surface area (Å²) in [6, 6.07) is 10.5. The van der Waals surface area contributed by atoms with E-state index in [1.165, 1.54) is 5.56 Å². The zero-order chi connectivity index (χ0) is 11.1. The van der Waals surface area contributed by atoms with Gasteiger partial charge < -0.3 is 4.74 Å². The molecule has 1 nitrogen and oxygen atoms in total. The van der Waals surface area contributed by atoms with Gasteiger partial charge in [-0.05, 0) is 17.9 Å². The summed E-state index contributed by atoms with van der Waals surface area (Å²) in [7, 11) is 0. The molecule has 0 spiro atoms. The molecule has 1 heteroatoms. The van der Waals surface area contributed by atoms with Crippen molar-refractivity contribution in [2.75, 3.05) is 13.2 Å². The average Bonchev–Trinajstić information content (AvgIpc) is 2.25. The molecule has 1 atom stereocenters. The topological polar surface area (TPSA) is 9.23 Å². The van der Waals surface area contributed by atoms with Crippen LogP contribution in [0.25, 0.3) is 0 Å². The fourth-order valence-corrected chi connectivity index (χ4v) is 1.46. The van der Waals surface area contributed by atoms with Crippen LogP contribution in [0.4, 0.5) is 0 Å². The van der Waals surface area contributed by atoms with Gasteiger partial charge in [-0.2, -0.15) is 0 Å². The molecule has 0 aliphatic carbocycles. The third-order valence-electron chi connectivity index (χ3n) is 2.58. The van der Waals surface area contributed by atoms with Gasteiger partial charge >= 0.3 is 0 Å². The maximum atomic E-state index is 5.66. The van der Waals surface area contributed by atoms with Crippen LogP contribution in [0.1, 0.15) is 38.7 Å². The Morgan fingerprint density at radius 3 is 2.33 bits per heavy atom. The quantitative estimate of drug-likeness (QED) is 0.642. The first-order valence-electron chi connectivity index (χ1n) is 5.83. The van der Waals surface area contributed by atoms with Crippen LogP contribution >= 0.6 is 0 Å². The Morgan fingerprint density at radius 1 is 1.07 bits per heavy atom. The molecule has 84 valence electrons. The summed E-state index contributed by atoms with van der Waals surface area (Å²) in [5.74, 6) is 1.23. The van der Waals surface area contributed by atoms with Crippen LogP contribution in [0.15, 0.2) is 30.3 Å². The molecule has 0 N–H and O–H groups in total. The number of benzene rings is 1. The lowest BCUT2D eigenvalue weighted by atomic mass is 10.0. The third-order valence-corrected chi connectivity index (χ3v) is 2.58. The summed E-state index contributed by atoms with van der Waals surface area (Å²) in [6.45, 7) is 8.38. The van der Waals surface area contributed by atoms with Gasteiger partial charge in [-0.25, -0.2) is 0 Å². The lowest BCUT2D eigenvalue weighted by Crippen LogP contribution is -2.06. The minimum absolute atomic E-state index is 0.498. The van der Waals surface area contributed by atoms with Crippen LogP contribution in [0.3, 0.4) is 0 Å². The van der Waals surface area contributed by atoms with Gasteiger partial charge in [0.25, 0.3) is 0 Å². The van der Waals surface area contributed by atoms with Crippen molar-refractivity contribution in [1.82, 2.24) is 0 Å². The molecule has 1 rings (SSSR count). The first-order chi connectivity index (χ1) is 7.20. The monoisotopic (exact) mass is 206 g/mol. The fraction of sp³-hybridized carbons (Fsp3) is 0.571. The highest BCUT2D eigenvalue weighted by atomic mass is 16.5. The molecule has 0 saturated carbocycles. The largest absolute Gasteiger partial charge is 0.381 e. The van der Waals surface area contributed by atoms with E-state index in [1.54, 1.807) is 0 Å². The highest BCUT2D eigenvalue weighted by molar-refractivity contribution is 5.18. The highest BCUT2D eigenvalue weighted by Gasteiger charge is 2.04. The summed E-state index contributed by atoms with van der Waals surface area (Å²) in [5.41, 5.74) is 1.36. The molecule has 1 unspecified atom stereocenters. The van der Waals surface area contributed by atoms with Crippen LogP contribution in [-0.2, 0) is 4.74 Å². The first-order valence-corrected chi connectivity index (χ1v) is 5.83. The molecular weight excluding hydrogens is 184 g/mol. The summed E-state index contributed by atoms with van der Waals surface area (Å²) in [6.07, 6.45) is 1.15. The van der Waals surface area contributed by atoms with Crippen molar-refractivity contribution in [3.05, 3.63) is 35.9 Å². The Balaban J connectivity index is 2.22. The van der Waals surface area contributed by atoms with E-state index < -0.39 is 0 Å². The van der Waals surface area contributed by atoms with Crippen molar-refractivity contribution < 1.29 is 4.74 Å². The second-order valence-electron chi connectivity index (χ2n) is 4.57. The second kappa shape index (κ2) is 6.62. The molecule has 0 heterocycles. The van der Waals surface area contributed by atoms with Crippen LogP contribution in [0, 0.1) is 5.92 Å². The van der Waals surface area contributed by atoms with E-state index in [9.17, 15) is 0 Å². The van der Waals surface area contributed by atoms with Gasteiger partial charge in [0.15, 0.2) is 0 Å². The third kappa shape index (κ3) is 4.98. The molecule has 0 aromatic heterocycles. The van der Waals surface area contributed by atoms with Crippen LogP contribution < -0.4 is 0 Å². The van der Waals surface area contributed by atoms with Crippen molar-refractivity contribution in [3.63, 3.8) is 0 Å². The van der Waals surface area contributed by atoms with Crippen molar-refractivity contribution in [1.29, 1.82) is 0 Å². The Kier molecular flexibility index (Phi) is 5.41. The van der Waals surface area contributed by atoms with E-state index in [0.717, 1.165) is 25.6 Å². The van der Waals surface area contributed by atoms with Gasteiger partial charge in [-0.15, -0.1) is 0 Å². The van der Waals surface area contributed by atoms with E-state index in [4.69, 9.17) is 4.74 Å². The van der Waals surface area contributed by atoms with E-state index >= 15 is 0 Å². The number of hydrogen-bond donors (Lipinski definition) is 0. The summed E-state index contributed by atoms with van der Waals surface area (Å²) >= 11 is 0. The maximum Gasteiger partial charge on any atom is 0.0532 e. The number of ether oxygens (including phenoxy) is 1. The molecule has 1 aromatic carbocycles. The Hall–Kier alpha value is -0.820. The van der Waals surface area contributed by atoms with Gasteiger partial charge in [-0.3, -0.25) is 0 Å². The molecule has 0 saturated heterocycles. The molecule has 0 aliphatic heterocycles. The Morgan fingerprint density at radius 2 is 1.73 bits per heavy atom. The number of rotatable bonds is 6. The fourth-order valence-electron chi connectivity index (χ4n) is 1.46. The lowest BCUT2D eigenvalue weighted by Gasteiger charge is -2.13. The molecule has 0 amide bonds. The minimum Gasteiger partial charge on any atom is -0.381 e. The zero-order valence-electron chi connectivity index (χ0n) is 10.1. The minimum atomic E-state index is 0.498. The van der Waals surface area contributed by atoms with E-state index in [1.807, 2.05) is 0 Å². The molecule has 1 aromatic rings. The summed E-state index contributed by atoms with van der Waals surface area (Å²) in [5, 5.41) is 0. The normalized spacial score (nSPS) is 13.1. The average molecular weight is 206 g/mol. The van der Waals surface area contributed by atoms with Crippen molar-refractivity contribution in [2.24, 2.45) is 5.92 Å². The van der Waals surface area contributed by atoms with Gasteiger partial charge in [0.2, 0.25) is 0 Å². The Bertz CT molecular complexity index is 253. The zero-order valence-corrected chi connectivity index (χ0v) is 10.1. The van der Waals surface area contributed by atoms with Crippen LogP contribution in [0.2, 0.25) is 0 Å². The maximum absolute atomic E-state index is 5.66. The first kappa shape index (κ1) is 12.3. The van der Waals surface area contributed by atoms with Crippen molar-refractivity contribution in [3.8, 4) is 0 Å². The smallest absolute Gasteiger partial charge is 0.0532 e. The predicted octanol–water partition coefficient (Wildman–Crippen LogP) is 3.85. The van der Waals surface area contributed by atoms with Gasteiger partial charge in [0.1, 0.15) is 0 Å². The molecular formula is C14H22O. The van der Waals surface area contributed by atoms with E-state index in [0.29, 0.717) is 5.92 Å². The van der Waals surface area contributed by atoms with Crippen molar-refractivity contribution in [2.45, 2.75) is 33.1 Å². The molecule has 0 radical (unpaired) electrons. The summed E-state index contributed by atoms with van der Waals surface area (Å²) in [4.78, 5) is 0. The molecule has 0 fully saturated rings. The Labute approximate surface area is 93.5 Å². The van der Waals surface area contributed by atoms with E-state index in [2.05, 4.69) is 51.1 Å². The number of hydrogen-bond acceptors (Lipinski definition) is 1. The van der Waals surface area contributed by atoms with Gasteiger partial charge in [0, 0.05) is 12.5 Å². The molecule has 0 aliphatic rings.